The molecule has 0 radical (unpaired) electrons. The van der Waals surface area contributed by atoms with Crippen LogP contribution in [0.25, 0.3) is 0 Å². The van der Waals surface area contributed by atoms with Crippen molar-refractivity contribution in [3.8, 4) is 0 Å². The lowest BCUT2D eigenvalue weighted by Crippen LogP contribution is -2.48. The van der Waals surface area contributed by atoms with Gasteiger partial charge in [-0.25, -0.2) is 0 Å². The van der Waals surface area contributed by atoms with Gasteiger partial charge >= 0.3 is 6.18 Å². The summed E-state index contributed by atoms with van der Waals surface area (Å²) in [6, 6.07) is 0.181. The van der Waals surface area contributed by atoms with Crippen LogP contribution < -0.4 is 5.32 Å². The highest BCUT2D eigenvalue weighted by Gasteiger charge is 2.46. The lowest BCUT2D eigenvalue weighted by atomic mass is 10.1. The summed E-state index contributed by atoms with van der Waals surface area (Å²) in [7, 11) is 0. The molecule has 1 N–H and O–H groups in total. The fraction of sp³-hybridized carbons (Fsp3) is 0.600. The molecule has 0 saturated carbocycles. The van der Waals surface area contributed by atoms with Gasteiger partial charge in [-0.05, 0) is 27.4 Å². The Bertz CT molecular complexity index is 374. The maximum Gasteiger partial charge on any atom is 0.408 e. The van der Waals surface area contributed by atoms with E-state index >= 15 is 0 Å². The van der Waals surface area contributed by atoms with Crippen molar-refractivity contribution in [2.75, 3.05) is 26.2 Å². The average molecular weight is 329 g/mol. The van der Waals surface area contributed by atoms with E-state index in [1.807, 2.05) is 0 Å². The van der Waals surface area contributed by atoms with Crippen molar-refractivity contribution in [1.82, 2.24) is 10.2 Å². The maximum atomic E-state index is 13.2. The number of nitrogens with zero attached hydrogens (tertiary/aromatic N) is 1. The molecule has 2 heterocycles. The Hall–Kier alpha value is -0.110. The number of nitrogens with one attached hydrogen (secondary N) is 1. The van der Waals surface area contributed by atoms with E-state index in [2.05, 4.69) is 21.2 Å². The van der Waals surface area contributed by atoms with Crippen LogP contribution in [0.1, 0.15) is 10.9 Å². The van der Waals surface area contributed by atoms with Gasteiger partial charge in [0.15, 0.2) is 0 Å². The Morgan fingerprint density at radius 3 is 2.47 bits per heavy atom. The van der Waals surface area contributed by atoms with Crippen molar-refractivity contribution in [2.24, 2.45) is 0 Å². The number of halogens is 4. The van der Waals surface area contributed by atoms with E-state index < -0.39 is 12.2 Å². The predicted molar refractivity (Wildman–Crippen MR) is 65.3 cm³/mol. The summed E-state index contributed by atoms with van der Waals surface area (Å²) in [5, 5.41) is 4.74. The van der Waals surface area contributed by atoms with Gasteiger partial charge in [0, 0.05) is 35.5 Å². The van der Waals surface area contributed by atoms with Gasteiger partial charge in [0.2, 0.25) is 0 Å². The van der Waals surface area contributed by atoms with Gasteiger partial charge in [0.1, 0.15) is 6.04 Å². The lowest BCUT2D eigenvalue weighted by molar-refractivity contribution is -0.187. The molecule has 1 saturated heterocycles. The number of alkyl halides is 3. The van der Waals surface area contributed by atoms with Crippen LogP contribution in [-0.4, -0.2) is 37.3 Å². The first-order chi connectivity index (χ1) is 8.00. The molecule has 2 nitrogen and oxygen atoms in total. The third-order valence-corrected chi connectivity index (χ3v) is 4.64. The molecule has 1 aliphatic heterocycles. The molecule has 17 heavy (non-hydrogen) atoms. The first-order valence-electron chi connectivity index (χ1n) is 5.24. The molecule has 0 aromatic carbocycles. The zero-order chi connectivity index (χ0) is 12.5. The van der Waals surface area contributed by atoms with Crippen LogP contribution in [0.4, 0.5) is 13.2 Å². The second kappa shape index (κ2) is 5.26. The number of hydrogen-bond donors (Lipinski definition) is 1. The molecule has 0 bridgehead atoms. The number of rotatable bonds is 2. The summed E-state index contributed by atoms with van der Waals surface area (Å²) in [6.07, 6.45) is -4.23. The van der Waals surface area contributed by atoms with Gasteiger partial charge in [-0.3, -0.25) is 4.90 Å². The first-order valence-corrected chi connectivity index (χ1v) is 6.92. The molecule has 1 aromatic heterocycles. The van der Waals surface area contributed by atoms with Crippen LogP contribution in [-0.2, 0) is 0 Å². The topological polar surface area (TPSA) is 15.3 Å². The van der Waals surface area contributed by atoms with Crippen molar-refractivity contribution < 1.29 is 13.2 Å². The van der Waals surface area contributed by atoms with Gasteiger partial charge in [-0.15, -0.1) is 11.3 Å². The zero-order valence-electron chi connectivity index (χ0n) is 8.93. The highest BCUT2D eigenvalue weighted by Crippen LogP contribution is 2.43. The van der Waals surface area contributed by atoms with Crippen molar-refractivity contribution in [3.63, 3.8) is 0 Å². The molecule has 0 aliphatic carbocycles. The van der Waals surface area contributed by atoms with Crippen LogP contribution in [0.15, 0.2) is 15.9 Å². The van der Waals surface area contributed by atoms with E-state index in [4.69, 9.17) is 0 Å². The maximum absolute atomic E-state index is 13.2. The third kappa shape index (κ3) is 3.01. The highest BCUT2D eigenvalue weighted by molar-refractivity contribution is 9.10. The fourth-order valence-corrected chi connectivity index (χ4v) is 3.71. The minimum absolute atomic E-state index is 0.347. The van der Waals surface area contributed by atoms with Crippen LogP contribution >= 0.6 is 27.3 Å². The van der Waals surface area contributed by atoms with Gasteiger partial charge in [-0.1, -0.05) is 0 Å². The smallest absolute Gasteiger partial charge is 0.314 e. The zero-order valence-corrected chi connectivity index (χ0v) is 11.3. The molecule has 0 amide bonds. The molecular formula is C10H12BrF3N2S. The summed E-state index contributed by atoms with van der Waals surface area (Å²) in [6.45, 7) is 2.06. The SMILES string of the molecule is FC(F)(F)[C@@H](c1sccc1Br)N1CCNCC1. The lowest BCUT2D eigenvalue weighted by Gasteiger charge is -2.35. The minimum Gasteiger partial charge on any atom is -0.314 e. The molecule has 0 spiro atoms. The van der Waals surface area contributed by atoms with Crippen LogP contribution in [0, 0.1) is 0 Å². The molecule has 1 aliphatic rings. The van der Waals surface area contributed by atoms with Crippen LogP contribution in [0.3, 0.4) is 0 Å². The van der Waals surface area contributed by atoms with E-state index in [-0.39, 0.29) is 0 Å². The van der Waals surface area contributed by atoms with Crippen molar-refractivity contribution >= 4 is 27.3 Å². The number of piperazine rings is 1. The minimum atomic E-state index is -4.23. The van der Waals surface area contributed by atoms with E-state index in [1.54, 1.807) is 11.4 Å². The van der Waals surface area contributed by atoms with Gasteiger partial charge in [-0.2, -0.15) is 13.2 Å². The molecule has 2 rings (SSSR count). The van der Waals surface area contributed by atoms with Crippen molar-refractivity contribution in [2.45, 2.75) is 12.2 Å². The van der Waals surface area contributed by atoms with E-state index in [0.29, 0.717) is 35.5 Å². The molecule has 0 unspecified atom stereocenters. The summed E-state index contributed by atoms with van der Waals surface area (Å²) >= 11 is 4.34. The predicted octanol–water partition coefficient (Wildman–Crippen LogP) is 3.02. The molecule has 7 heteroatoms. The molecule has 1 fully saturated rings. The standard InChI is InChI=1S/C10H12BrF3N2S/c11-7-1-6-17-8(7)9(10(12,13)14)16-4-2-15-3-5-16/h1,6,9,15H,2-5H2/t9-/m1/s1. The van der Waals surface area contributed by atoms with Crippen molar-refractivity contribution in [1.29, 1.82) is 0 Å². The molecule has 1 atom stereocenters. The Morgan fingerprint density at radius 1 is 1.35 bits per heavy atom. The Labute approximate surface area is 110 Å². The van der Waals surface area contributed by atoms with Crippen molar-refractivity contribution in [3.05, 3.63) is 20.8 Å². The number of thiophene rings is 1. The molecule has 1 aromatic rings. The fourth-order valence-electron chi connectivity index (χ4n) is 1.96. The van der Waals surface area contributed by atoms with Gasteiger partial charge < -0.3 is 5.32 Å². The monoisotopic (exact) mass is 328 g/mol. The highest BCUT2D eigenvalue weighted by atomic mass is 79.9. The summed E-state index contributed by atoms with van der Waals surface area (Å²) in [5.41, 5.74) is 0. The third-order valence-electron chi connectivity index (χ3n) is 2.72. The second-order valence-corrected chi connectivity index (χ2v) is 5.66. The number of hydrogen-bond acceptors (Lipinski definition) is 3. The van der Waals surface area contributed by atoms with E-state index in [0.717, 1.165) is 11.3 Å². The van der Waals surface area contributed by atoms with E-state index in [9.17, 15) is 13.2 Å². The van der Waals surface area contributed by atoms with E-state index in [1.165, 1.54) is 4.90 Å². The van der Waals surface area contributed by atoms with Gasteiger partial charge in [0.25, 0.3) is 0 Å². The normalized spacial score (nSPS) is 20.5. The van der Waals surface area contributed by atoms with Gasteiger partial charge in [0.05, 0.1) is 0 Å². The largest absolute Gasteiger partial charge is 0.408 e. The summed E-state index contributed by atoms with van der Waals surface area (Å²) < 4.78 is 40.1. The molecular weight excluding hydrogens is 317 g/mol. The second-order valence-electron chi connectivity index (χ2n) is 3.86. The first kappa shape index (κ1) is 13.3. The Balaban J connectivity index is 2.28. The summed E-state index contributed by atoms with van der Waals surface area (Å²) in [4.78, 5) is 1.84. The summed E-state index contributed by atoms with van der Waals surface area (Å²) in [5.74, 6) is 0. The average Bonchev–Trinajstić information content (AvgIpc) is 2.65. The Kier molecular flexibility index (Phi) is 4.12. The van der Waals surface area contributed by atoms with Crippen LogP contribution in [0.2, 0.25) is 0 Å². The molecule has 96 valence electrons. The Morgan fingerprint density at radius 2 is 2.00 bits per heavy atom. The van der Waals surface area contributed by atoms with Crippen LogP contribution in [0.5, 0.6) is 0 Å². The quantitative estimate of drug-likeness (QED) is 0.897.